The molecule has 0 aliphatic rings. The van der Waals surface area contributed by atoms with Gasteiger partial charge in [-0.05, 0) is 36.4 Å². The lowest BCUT2D eigenvalue weighted by molar-refractivity contribution is 0.100. The Morgan fingerprint density at radius 1 is 1.12 bits per heavy atom. The molecule has 1 aromatic heterocycles. The van der Waals surface area contributed by atoms with E-state index in [1.165, 1.54) is 12.1 Å². The largest absolute Gasteiger partial charge is 0.508 e. The molecule has 8 heteroatoms. The molecule has 0 bridgehead atoms. The van der Waals surface area contributed by atoms with Gasteiger partial charge in [0.15, 0.2) is 0 Å². The third kappa shape index (κ3) is 3.27. The van der Waals surface area contributed by atoms with E-state index in [1.54, 1.807) is 30.3 Å². The van der Waals surface area contributed by atoms with E-state index in [0.717, 1.165) is 11.3 Å². The number of hydrogen-bond acceptors (Lipinski definition) is 4. The van der Waals surface area contributed by atoms with Gasteiger partial charge in [-0.25, -0.2) is 4.79 Å². The van der Waals surface area contributed by atoms with Crippen molar-refractivity contribution in [1.82, 2.24) is 0 Å². The zero-order valence-corrected chi connectivity index (χ0v) is 13.7. The summed E-state index contributed by atoms with van der Waals surface area (Å²) in [5, 5.41) is 16.2. The number of carbonyl (C=O) groups excluding carboxylic acids is 2. The Balaban J connectivity index is 1.90. The van der Waals surface area contributed by atoms with Gasteiger partial charge in [0, 0.05) is 20.8 Å². The Bertz CT molecular complexity index is 955. The smallest absolute Gasteiger partial charge is 0.324 e. The molecule has 0 aliphatic heterocycles. The summed E-state index contributed by atoms with van der Waals surface area (Å²) in [5.41, 5.74) is 6.15. The van der Waals surface area contributed by atoms with Crippen LogP contribution in [-0.4, -0.2) is 17.0 Å². The number of aromatic hydroxyl groups is 1. The van der Waals surface area contributed by atoms with Crippen molar-refractivity contribution in [3.63, 3.8) is 0 Å². The van der Waals surface area contributed by atoms with Crippen LogP contribution in [0.3, 0.4) is 0 Å². The second-order valence-corrected chi connectivity index (χ2v) is 6.43. The number of rotatable bonds is 3. The van der Waals surface area contributed by atoms with Gasteiger partial charge in [-0.1, -0.05) is 17.7 Å². The van der Waals surface area contributed by atoms with Gasteiger partial charge in [0.1, 0.15) is 10.8 Å². The van der Waals surface area contributed by atoms with Crippen LogP contribution in [0.1, 0.15) is 10.4 Å². The van der Waals surface area contributed by atoms with Crippen molar-refractivity contribution < 1.29 is 14.7 Å². The highest BCUT2D eigenvalue weighted by atomic mass is 35.5. The third-order valence-electron chi connectivity index (χ3n) is 3.23. The molecule has 0 atom stereocenters. The lowest BCUT2D eigenvalue weighted by Gasteiger charge is -2.07. The minimum Gasteiger partial charge on any atom is -0.508 e. The van der Waals surface area contributed by atoms with Crippen LogP contribution in [0.2, 0.25) is 5.02 Å². The van der Waals surface area contributed by atoms with E-state index in [9.17, 15) is 14.7 Å². The monoisotopic (exact) mass is 361 g/mol. The molecule has 1 heterocycles. The number of hydrogen-bond donors (Lipinski definition) is 4. The SMILES string of the molecule is NC(=O)c1c(NC(=O)Nc2cccc(Cl)c2)sc2cc(O)ccc12. The Morgan fingerprint density at radius 2 is 1.92 bits per heavy atom. The first-order chi connectivity index (χ1) is 11.4. The fourth-order valence-corrected chi connectivity index (χ4v) is 3.58. The number of fused-ring (bicyclic) bond motifs is 1. The van der Waals surface area contributed by atoms with Crippen molar-refractivity contribution in [3.8, 4) is 5.75 Å². The second kappa shape index (κ2) is 6.38. The van der Waals surface area contributed by atoms with Crippen molar-refractivity contribution in [2.45, 2.75) is 0 Å². The number of thiophene rings is 1. The fraction of sp³-hybridized carbons (Fsp3) is 0. The Morgan fingerprint density at radius 3 is 2.62 bits per heavy atom. The number of urea groups is 1. The molecule has 3 aromatic rings. The summed E-state index contributed by atoms with van der Waals surface area (Å²) in [7, 11) is 0. The van der Waals surface area contributed by atoms with Crippen molar-refractivity contribution in [3.05, 3.63) is 53.1 Å². The molecule has 0 spiro atoms. The average molecular weight is 362 g/mol. The van der Waals surface area contributed by atoms with Gasteiger partial charge in [0.2, 0.25) is 0 Å². The highest BCUT2D eigenvalue weighted by Crippen LogP contribution is 2.37. The maximum Gasteiger partial charge on any atom is 0.324 e. The molecule has 0 unspecified atom stereocenters. The van der Waals surface area contributed by atoms with Gasteiger partial charge in [-0.3, -0.25) is 10.1 Å². The summed E-state index contributed by atoms with van der Waals surface area (Å²) in [6.45, 7) is 0. The lowest BCUT2D eigenvalue weighted by atomic mass is 10.1. The molecular weight excluding hydrogens is 350 g/mol. The molecule has 6 nitrogen and oxygen atoms in total. The van der Waals surface area contributed by atoms with Crippen LogP contribution in [0, 0.1) is 0 Å². The molecule has 24 heavy (non-hydrogen) atoms. The predicted octanol–water partition coefficient (Wildman–Crippen LogP) is 4.00. The Kier molecular flexibility index (Phi) is 4.28. The summed E-state index contributed by atoms with van der Waals surface area (Å²) < 4.78 is 0.641. The van der Waals surface area contributed by atoms with Gasteiger partial charge < -0.3 is 16.2 Å². The molecule has 0 saturated carbocycles. The van der Waals surface area contributed by atoms with Crippen LogP contribution in [0.15, 0.2) is 42.5 Å². The lowest BCUT2D eigenvalue weighted by Crippen LogP contribution is -2.21. The summed E-state index contributed by atoms with van der Waals surface area (Å²) in [6.07, 6.45) is 0. The van der Waals surface area contributed by atoms with Crippen LogP contribution in [-0.2, 0) is 0 Å². The Hall–Kier alpha value is -2.77. The second-order valence-electron chi connectivity index (χ2n) is 4.94. The summed E-state index contributed by atoms with van der Waals surface area (Å²) in [6, 6.07) is 10.7. The summed E-state index contributed by atoms with van der Waals surface area (Å²) in [5.74, 6) is -0.598. The van der Waals surface area contributed by atoms with E-state index >= 15 is 0 Å². The van der Waals surface area contributed by atoms with E-state index in [2.05, 4.69) is 10.6 Å². The van der Waals surface area contributed by atoms with Gasteiger partial charge in [0.05, 0.1) is 5.56 Å². The molecule has 3 amide bonds. The van der Waals surface area contributed by atoms with E-state index < -0.39 is 11.9 Å². The highest BCUT2D eigenvalue weighted by Gasteiger charge is 2.19. The normalized spacial score (nSPS) is 10.5. The number of anilines is 2. The Labute approximate surface area is 145 Å². The molecule has 2 aromatic carbocycles. The minimum absolute atomic E-state index is 0.0645. The van der Waals surface area contributed by atoms with Gasteiger partial charge >= 0.3 is 6.03 Å². The summed E-state index contributed by atoms with van der Waals surface area (Å²) in [4.78, 5) is 23.9. The molecule has 0 aliphatic carbocycles. The van der Waals surface area contributed by atoms with Gasteiger partial charge in [-0.2, -0.15) is 0 Å². The maximum absolute atomic E-state index is 12.2. The van der Waals surface area contributed by atoms with E-state index in [4.69, 9.17) is 17.3 Å². The third-order valence-corrected chi connectivity index (χ3v) is 4.53. The molecule has 5 N–H and O–H groups in total. The number of benzene rings is 2. The fourth-order valence-electron chi connectivity index (χ4n) is 2.25. The number of amides is 3. The van der Waals surface area contributed by atoms with Crippen molar-refractivity contribution in [2.75, 3.05) is 10.6 Å². The van der Waals surface area contributed by atoms with E-state index in [1.807, 2.05) is 0 Å². The average Bonchev–Trinajstić information content (AvgIpc) is 2.83. The number of phenolic OH excluding ortho intramolecular Hbond substituents is 1. The zero-order valence-electron chi connectivity index (χ0n) is 12.2. The van der Waals surface area contributed by atoms with Crippen molar-refractivity contribution >= 4 is 55.7 Å². The van der Waals surface area contributed by atoms with E-state index in [0.29, 0.717) is 25.8 Å². The van der Waals surface area contributed by atoms with Gasteiger partial charge in [0.25, 0.3) is 5.91 Å². The van der Waals surface area contributed by atoms with Crippen LogP contribution in [0.4, 0.5) is 15.5 Å². The van der Waals surface area contributed by atoms with E-state index in [-0.39, 0.29) is 11.3 Å². The van der Waals surface area contributed by atoms with Crippen LogP contribution in [0.25, 0.3) is 10.1 Å². The molecule has 0 radical (unpaired) electrons. The molecule has 0 fully saturated rings. The molecule has 122 valence electrons. The number of halogens is 1. The van der Waals surface area contributed by atoms with Crippen LogP contribution >= 0.6 is 22.9 Å². The first-order valence-corrected chi connectivity index (χ1v) is 8.02. The maximum atomic E-state index is 12.2. The molecule has 3 rings (SSSR count). The molecule has 0 saturated heterocycles. The van der Waals surface area contributed by atoms with Crippen LogP contribution < -0.4 is 16.4 Å². The standard InChI is InChI=1S/C16H12ClN3O3S/c17-8-2-1-3-9(6-8)19-16(23)20-15-13(14(18)22)11-5-4-10(21)7-12(11)24-15/h1-7,21H,(H2,18,22)(H2,19,20,23). The van der Waals surface area contributed by atoms with Crippen molar-refractivity contribution in [2.24, 2.45) is 5.73 Å². The topological polar surface area (TPSA) is 104 Å². The van der Waals surface area contributed by atoms with Crippen molar-refractivity contribution in [1.29, 1.82) is 0 Å². The molecular formula is C16H12ClN3O3S. The highest BCUT2D eigenvalue weighted by molar-refractivity contribution is 7.23. The summed E-state index contributed by atoms with van der Waals surface area (Å²) >= 11 is 7.02. The first-order valence-electron chi connectivity index (χ1n) is 6.83. The number of nitrogens with one attached hydrogen (secondary N) is 2. The van der Waals surface area contributed by atoms with Crippen LogP contribution in [0.5, 0.6) is 5.75 Å². The zero-order chi connectivity index (χ0) is 17.3. The first kappa shape index (κ1) is 16.1. The number of phenols is 1. The minimum atomic E-state index is -0.662. The van der Waals surface area contributed by atoms with Gasteiger partial charge in [-0.15, -0.1) is 11.3 Å². The number of primary amides is 1. The quantitative estimate of drug-likeness (QED) is 0.566. The predicted molar refractivity (Wildman–Crippen MR) is 96.1 cm³/mol. The number of nitrogens with two attached hydrogens (primary N) is 1. The number of carbonyl (C=O) groups is 2.